The largest absolute Gasteiger partial charge is 0.384 e. The first-order chi connectivity index (χ1) is 8.52. The SMILES string of the molecule is Cc1c(C(=N)N)cnn1-c1ccccc1C(C)C. The van der Waals surface area contributed by atoms with Gasteiger partial charge in [0, 0.05) is 0 Å². The molecular weight excluding hydrogens is 224 g/mol. The Bertz CT molecular complexity index is 581. The van der Waals surface area contributed by atoms with Crippen LogP contribution in [-0.2, 0) is 0 Å². The Morgan fingerprint density at radius 2 is 2.00 bits per heavy atom. The van der Waals surface area contributed by atoms with E-state index in [0.717, 1.165) is 11.4 Å². The molecule has 2 rings (SSSR count). The van der Waals surface area contributed by atoms with Crippen LogP contribution in [0.4, 0.5) is 0 Å². The van der Waals surface area contributed by atoms with Crippen LogP contribution in [0, 0.1) is 12.3 Å². The molecule has 0 aliphatic rings. The van der Waals surface area contributed by atoms with Gasteiger partial charge in [0.2, 0.25) is 0 Å². The van der Waals surface area contributed by atoms with Crippen LogP contribution in [0.25, 0.3) is 5.69 Å². The van der Waals surface area contributed by atoms with Crippen molar-refractivity contribution in [2.45, 2.75) is 26.7 Å². The second-order valence-corrected chi connectivity index (χ2v) is 4.68. The van der Waals surface area contributed by atoms with Gasteiger partial charge in [0.15, 0.2) is 0 Å². The van der Waals surface area contributed by atoms with Crippen LogP contribution in [0.5, 0.6) is 0 Å². The van der Waals surface area contributed by atoms with Crippen molar-refractivity contribution < 1.29 is 0 Å². The van der Waals surface area contributed by atoms with E-state index in [4.69, 9.17) is 11.1 Å². The Hall–Kier alpha value is -2.10. The monoisotopic (exact) mass is 242 g/mol. The Morgan fingerprint density at radius 1 is 1.33 bits per heavy atom. The van der Waals surface area contributed by atoms with Gasteiger partial charge in [0.25, 0.3) is 0 Å². The molecule has 3 N–H and O–H groups in total. The van der Waals surface area contributed by atoms with Gasteiger partial charge >= 0.3 is 0 Å². The zero-order chi connectivity index (χ0) is 13.3. The Kier molecular flexibility index (Phi) is 3.19. The van der Waals surface area contributed by atoms with Gasteiger partial charge in [-0.25, -0.2) is 4.68 Å². The molecule has 0 atom stereocenters. The van der Waals surface area contributed by atoms with Gasteiger partial charge < -0.3 is 5.73 Å². The van der Waals surface area contributed by atoms with E-state index < -0.39 is 0 Å². The van der Waals surface area contributed by atoms with E-state index in [9.17, 15) is 0 Å². The van der Waals surface area contributed by atoms with Gasteiger partial charge in [-0.05, 0) is 24.5 Å². The van der Waals surface area contributed by atoms with Gasteiger partial charge in [-0.1, -0.05) is 32.0 Å². The fraction of sp³-hybridized carbons (Fsp3) is 0.286. The van der Waals surface area contributed by atoms with Crippen molar-refractivity contribution in [1.29, 1.82) is 5.41 Å². The molecule has 0 fully saturated rings. The number of hydrogen-bond donors (Lipinski definition) is 2. The Balaban J connectivity index is 2.59. The number of para-hydroxylation sites is 1. The van der Waals surface area contributed by atoms with Gasteiger partial charge in [-0.15, -0.1) is 0 Å². The third-order valence-corrected chi connectivity index (χ3v) is 3.09. The lowest BCUT2D eigenvalue weighted by molar-refractivity contribution is 0.793. The molecule has 0 amide bonds. The summed E-state index contributed by atoms with van der Waals surface area (Å²) in [5, 5.41) is 11.9. The molecule has 0 spiro atoms. The summed E-state index contributed by atoms with van der Waals surface area (Å²) in [4.78, 5) is 0. The molecule has 0 bridgehead atoms. The first kappa shape index (κ1) is 12.4. The molecule has 2 aromatic rings. The van der Waals surface area contributed by atoms with E-state index in [1.165, 1.54) is 5.56 Å². The zero-order valence-electron chi connectivity index (χ0n) is 10.9. The van der Waals surface area contributed by atoms with Crippen molar-refractivity contribution in [1.82, 2.24) is 9.78 Å². The van der Waals surface area contributed by atoms with Crippen LogP contribution in [-0.4, -0.2) is 15.6 Å². The number of benzene rings is 1. The van der Waals surface area contributed by atoms with E-state index in [1.54, 1.807) is 6.20 Å². The number of nitrogens with one attached hydrogen (secondary N) is 1. The highest BCUT2D eigenvalue weighted by Crippen LogP contribution is 2.24. The molecule has 1 heterocycles. The lowest BCUT2D eigenvalue weighted by Gasteiger charge is -2.14. The number of aromatic nitrogens is 2. The summed E-state index contributed by atoms with van der Waals surface area (Å²) in [6, 6.07) is 8.17. The summed E-state index contributed by atoms with van der Waals surface area (Å²) < 4.78 is 1.85. The zero-order valence-corrected chi connectivity index (χ0v) is 10.9. The number of hydrogen-bond acceptors (Lipinski definition) is 2. The van der Waals surface area contributed by atoms with Gasteiger partial charge in [0.05, 0.1) is 23.1 Å². The van der Waals surface area contributed by atoms with Crippen molar-refractivity contribution in [3.8, 4) is 5.69 Å². The molecule has 4 nitrogen and oxygen atoms in total. The van der Waals surface area contributed by atoms with Gasteiger partial charge in [0.1, 0.15) is 5.84 Å². The van der Waals surface area contributed by atoms with Crippen molar-refractivity contribution in [2.24, 2.45) is 5.73 Å². The maximum absolute atomic E-state index is 7.51. The number of nitrogen functional groups attached to an aromatic ring is 1. The molecule has 4 heteroatoms. The highest BCUT2D eigenvalue weighted by molar-refractivity contribution is 5.95. The molecular formula is C14H18N4. The summed E-state index contributed by atoms with van der Waals surface area (Å²) >= 11 is 0. The van der Waals surface area contributed by atoms with Crippen molar-refractivity contribution >= 4 is 5.84 Å². The normalized spacial score (nSPS) is 10.9. The Labute approximate surface area is 107 Å². The summed E-state index contributed by atoms with van der Waals surface area (Å²) in [6.45, 7) is 6.24. The van der Waals surface area contributed by atoms with E-state index in [0.29, 0.717) is 11.5 Å². The van der Waals surface area contributed by atoms with E-state index in [-0.39, 0.29) is 5.84 Å². The number of nitrogens with two attached hydrogens (primary N) is 1. The van der Waals surface area contributed by atoms with Crippen LogP contribution in [0.15, 0.2) is 30.5 Å². The first-order valence-electron chi connectivity index (χ1n) is 6.00. The van der Waals surface area contributed by atoms with Crippen molar-refractivity contribution in [3.05, 3.63) is 47.3 Å². The van der Waals surface area contributed by atoms with E-state index in [1.807, 2.05) is 29.8 Å². The number of nitrogens with zero attached hydrogens (tertiary/aromatic N) is 2. The summed E-state index contributed by atoms with van der Waals surface area (Å²) in [5.41, 5.74) is 9.41. The topological polar surface area (TPSA) is 67.7 Å². The highest BCUT2D eigenvalue weighted by Gasteiger charge is 2.13. The van der Waals surface area contributed by atoms with E-state index >= 15 is 0 Å². The average Bonchev–Trinajstić information content (AvgIpc) is 2.71. The quantitative estimate of drug-likeness (QED) is 0.641. The van der Waals surface area contributed by atoms with Gasteiger partial charge in [-0.3, -0.25) is 5.41 Å². The third-order valence-electron chi connectivity index (χ3n) is 3.09. The van der Waals surface area contributed by atoms with Crippen LogP contribution in [0.2, 0.25) is 0 Å². The molecule has 0 unspecified atom stereocenters. The Morgan fingerprint density at radius 3 is 2.56 bits per heavy atom. The second-order valence-electron chi connectivity index (χ2n) is 4.68. The summed E-state index contributed by atoms with van der Waals surface area (Å²) in [6.07, 6.45) is 1.65. The number of amidine groups is 1. The maximum atomic E-state index is 7.51. The molecule has 1 aromatic carbocycles. The fourth-order valence-electron chi connectivity index (χ4n) is 2.09. The lowest BCUT2D eigenvalue weighted by Crippen LogP contribution is -2.12. The predicted octanol–water partition coefficient (Wildman–Crippen LogP) is 2.59. The predicted molar refractivity (Wildman–Crippen MR) is 73.4 cm³/mol. The average molecular weight is 242 g/mol. The van der Waals surface area contributed by atoms with Crippen LogP contribution in [0.3, 0.4) is 0 Å². The summed E-state index contributed by atoms with van der Waals surface area (Å²) in [5.74, 6) is 0.478. The standard InChI is InChI=1S/C14H18N4/c1-9(2)11-6-4-5-7-13(11)18-10(3)12(8-17-18)14(15)16/h4-9H,1-3H3,(H3,15,16). The molecule has 94 valence electrons. The lowest BCUT2D eigenvalue weighted by atomic mass is 10.0. The maximum Gasteiger partial charge on any atom is 0.126 e. The van der Waals surface area contributed by atoms with Gasteiger partial charge in [-0.2, -0.15) is 5.10 Å². The number of rotatable bonds is 3. The molecule has 18 heavy (non-hydrogen) atoms. The molecule has 0 aliphatic carbocycles. The first-order valence-corrected chi connectivity index (χ1v) is 6.00. The third kappa shape index (κ3) is 2.01. The molecule has 1 aromatic heterocycles. The van der Waals surface area contributed by atoms with Crippen LogP contribution >= 0.6 is 0 Å². The van der Waals surface area contributed by atoms with Crippen LogP contribution < -0.4 is 5.73 Å². The van der Waals surface area contributed by atoms with Crippen LogP contribution in [0.1, 0.15) is 36.6 Å². The smallest absolute Gasteiger partial charge is 0.126 e. The minimum absolute atomic E-state index is 0.0563. The molecule has 0 aliphatic heterocycles. The van der Waals surface area contributed by atoms with Crippen molar-refractivity contribution in [2.75, 3.05) is 0 Å². The van der Waals surface area contributed by atoms with Crippen molar-refractivity contribution in [3.63, 3.8) is 0 Å². The highest BCUT2D eigenvalue weighted by atomic mass is 15.3. The molecule has 0 radical (unpaired) electrons. The molecule has 0 saturated carbocycles. The fourth-order valence-corrected chi connectivity index (χ4v) is 2.09. The minimum atomic E-state index is 0.0563. The minimum Gasteiger partial charge on any atom is -0.384 e. The molecule has 0 saturated heterocycles. The van der Waals surface area contributed by atoms with E-state index in [2.05, 4.69) is 25.0 Å². The second kappa shape index (κ2) is 4.64. The summed E-state index contributed by atoms with van der Waals surface area (Å²) in [7, 11) is 0.